The van der Waals surface area contributed by atoms with E-state index in [2.05, 4.69) is 21.4 Å². The fourth-order valence-corrected chi connectivity index (χ4v) is 2.17. The van der Waals surface area contributed by atoms with Crippen LogP contribution in [0, 0.1) is 16.7 Å². The molecule has 1 aliphatic heterocycles. The number of hydrogen-bond acceptors (Lipinski definition) is 4. The molecule has 2 N–H and O–H groups in total. The number of rotatable bonds is 5. The average molecular weight is 262 g/mol. The third-order valence-corrected chi connectivity index (χ3v) is 3.43. The second-order valence-corrected chi connectivity index (χ2v) is 4.70. The summed E-state index contributed by atoms with van der Waals surface area (Å²) in [6.45, 7) is 1.52. The Kier molecular flexibility index (Phi) is 4.53. The third kappa shape index (κ3) is 3.32. The molecule has 6 nitrogen and oxygen atoms in total. The van der Waals surface area contributed by atoms with Gasteiger partial charge in [-0.2, -0.15) is 5.26 Å². The van der Waals surface area contributed by atoms with Crippen LogP contribution in [0.15, 0.2) is 12.4 Å². The van der Waals surface area contributed by atoms with Crippen LogP contribution in [-0.2, 0) is 16.0 Å². The largest absolute Gasteiger partial charge is 0.381 e. The summed E-state index contributed by atoms with van der Waals surface area (Å²) in [5.41, 5.74) is -0.900. The summed E-state index contributed by atoms with van der Waals surface area (Å²) in [4.78, 5) is 19.2. The van der Waals surface area contributed by atoms with Crippen molar-refractivity contribution in [3.8, 4) is 6.07 Å². The van der Waals surface area contributed by atoms with Gasteiger partial charge in [0.2, 0.25) is 5.91 Å². The predicted molar refractivity (Wildman–Crippen MR) is 68.0 cm³/mol. The van der Waals surface area contributed by atoms with Crippen molar-refractivity contribution in [2.75, 3.05) is 19.8 Å². The van der Waals surface area contributed by atoms with Crippen LogP contribution in [-0.4, -0.2) is 35.6 Å². The number of ether oxygens (including phenoxy) is 1. The van der Waals surface area contributed by atoms with Gasteiger partial charge in [-0.25, -0.2) is 4.98 Å². The molecule has 0 saturated carbocycles. The van der Waals surface area contributed by atoms with Gasteiger partial charge in [-0.15, -0.1) is 0 Å². The van der Waals surface area contributed by atoms with Gasteiger partial charge in [0.25, 0.3) is 0 Å². The molecular formula is C13H18N4O2. The summed E-state index contributed by atoms with van der Waals surface area (Å²) < 4.78 is 5.21. The molecule has 6 heteroatoms. The van der Waals surface area contributed by atoms with Gasteiger partial charge in [-0.1, -0.05) is 0 Å². The first-order chi connectivity index (χ1) is 9.27. The van der Waals surface area contributed by atoms with Crippen LogP contribution in [0.2, 0.25) is 0 Å². The highest BCUT2D eigenvalue weighted by Gasteiger charge is 2.40. The molecule has 1 aliphatic rings. The Labute approximate surface area is 112 Å². The van der Waals surface area contributed by atoms with Gasteiger partial charge in [-0.3, -0.25) is 4.79 Å². The van der Waals surface area contributed by atoms with E-state index in [9.17, 15) is 10.1 Å². The Morgan fingerprint density at radius 3 is 3.00 bits per heavy atom. The molecule has 0 unspecified atom stereocenters. The van der Waals surface area contributed by atoms with Crippen molar-refractivity contribution >= 4 is 5.91 Å². The molecule has 0 atom stereocenters. The monoisotopic (exact) mass is 262 g/mol. The number of nitriles is 1. The van der Waals surface area contributed by atoms with E-state index in [4.69, 9.17) is 4.74 Å². The summed E-state index contributed by atoms with van der Waals surface area (Å²) >= 11 is 0. The molecule has 0 radical (unpaired) electrons. The highest BCUT2D eigenvalue weighted by Crippen LogP contribution is 2.29. The van der Waals surface area contributed by atoms with E-state index in [0.29, 0.717) is 32.6 Å². The maximum Gasteiger partial charge on any atom is 0.240 e. The Balaban J connectivity index is 1.75. The van der Waals surface area contributed by atoms with Crippen LogP contribution in [0.1, 0.15) is 25.1 Å². The molecule has 1 amide bonds. The Hall–Kier alpha value is -1.87. The van der Waals surface area contributed by atoms with Crippen LogP contribution in [0.25, 0.3) is 0 Å². The van der Waals surface area contributed by atoms with E-state index < -0.39 is 5.41 Å². The van der Waals surface area contributed by atoms with Crippen LogP contribution in [0.5, 0.6) is 0 Å². The molecule has 1 fully saturated rings. The zero-order valence-corrected chi connectivity index (χ0v) is 10.8. The van der Waals surface area contributed by atoms with E-state index in [-0.39, 0.29) is 5.91 Å². The number of aryl methyl sites for hydroxylation is 1. The Morgan fingerprint density at radius 1 is 1.58 bits per heavy atom. The van der Waals surface area contributed by atoms with Crippen LogP contribution in [0.3, 0.4) is 0 Å². The predicted octanol–water partition coefficient (Wildman–Crippen LogP) is 0.779. The molecule has 2 rings (SSSR count). The number of aromatic nitrogens is 2. The highest BCUT2D eigenvalue weighted by molar-refractivity contribution is 5.85. The number of imidazole rings is 1. The first kappa shape index (κ1) is 13.6. The average Bonchev–Trinajstić information content (AvgIpc) is 2.97. The molecule has 0 bridgehead atoms. The van der Waals surface area contributed by atoms with Gasteiger partial charge < -0.3 is 15.0 Å². The minimum Gasteiger partial charge on any atom is -0.381 e. The highest BCUT2D eigenvalue weighted by atomic mass is 16.5. The molecule has 1 aromatic rings. The van der Waals surface area contributed by atoms with E-state index >= 15 is 0 Å². The summed E-state index contributed by atoms with van der Waals surface area (Å²) in [6.07, 6.45) is 6.04. The molecule has 0 aliphatic carbocycles. The molecule has 19 heavy (non-hydrogen) atoms. The van der Waals surface area contributed by atoms with Gasteiger partial charge in [0.15, 0.2) is 0 Å². The smallest absolute Gasteiger partial charge is 0.240 e. The van der Waals surface area contributed by atoms with E-state index in [1.54, 1.807) is 12.4 Å². The zero-order chi connectivity index (χ0) is 13.6. The van der Waals surface area contributed by atoms with Crippen LogP contribution in [0.4, 0.5) is 0 Å². The van der Waals surface area contributed by atoms with Crippen molar-refractivity contribution in [1.29, 1.82) is 5.26 Å². The normalized spacial score (nSPS) is 17.6. The lowest BCUT2D eigenvalue weighted by molar-refractivity contribution is -0.132. The second-order valence-electron chi connectivity index (χ2n) is 4.70. The molecule has 0 aromatic carbocycles. The molecule has 1 aromatic heterocycles. The number of aromatic amines is 1. The molecular weight excluding hydrogens is 244 g/mol. The number of amides is 1. The summed E-state index contributed by atoms with van der Waals surface area (Å²) in [7, 11) is 0. The van der Waals surface area contributed by atoms with E-state index in [1.165, 1.54) is 0 Å². The zero-order valence-electron chi connectivity index (χ0n) is 10.8. The summed E-state index contributed by atoms with van der Waals surface area (Å²) in [5, 5.41) is 12.1. The minimum absolute atomic E-state index is 0.169. The van der Waals surface area contributed by atoms with Crippen molar-refractivity contribution in [2.45, 2.75) is 25.7 Å². The van der Waals surface area contributed by atoms with Gasteiger partial charge in [0, 0.05) is 38.6 Å². The fourth-order valence-electron chi connectivity index (χ4n) is 2.17. The number of nitrogens with one attached hydrogen (secondary N) is 2. The van der Waals surface area contributed by atoms with Gasteiger partial charge in [0.1, 0.15) is 11.2 Å². The van der Waals surface area contributed by atoms with Crippen molar-refractivity contribution in [3.05, 3.63) is 18.2 Å². The van der Waals surface area contributed by atoms with Crippen molar-refractivity contribution in [2.24, 2.45) is 5.41 Å². The maximum atomic E-state index is 12.1. The Bertz CT molecular complexity index is 444. The third-order valence-electron chi connectivity index (χ3n) is 3.43. The summed E-state index contributed by atoms with van der Waals surface area (Å²) in [6, 6.07) is 2.16. The quantitative estimate of drug-likeness (QED) is 0.767. The standard InChI is InChI=1S/C13H18N4O2/c14-10-13(3-8-19-9-4-13)12(18)17-5-1-2-11-15-6-7-16-11/h6-7H,1-5,8-9H2,(H,15,16)(H,17,18). The minimum atomic E-state index is -0.900. The lowest BCUT2D eigenvalue weighted by atomic mass is 9.81. The van der Waals surface area contributed by atoms with Crippen molar-refractivity contribution < 1.29 is 9.53 Å². The van der Waals surface area contributed by atoms with Crippen LogP contribution < -0.4 is 5.32 Å². The van der Waals surface area contributed by atoms with Gasteiger partial charge in [0.05, 0.1) is 6.07 Å². The van der Waals surface area contributed by atoms with Gasteiger partial charge in [-0.05, 0) is 19.3 Å². The lowest BCUT2D eigenvalue weighted by Gasteiger charge is -2.29. The maximum absolute atomic E-state index is 12.1. The van der Waals surface area contributed by atoms with Crippen molar-refractivity contribution in [1.82, 2.24) is 15.3 Å². The molecule has 2 heterocycles. The van der Waals surface area contributed by atoms with Crippen molar-refractivity contribution in [3.63, 3.8) is 0 Å². The SMILES string of the molecule is N#CC1(C(=O)NCCCc2ncc[nH]2)CCOCC1. The first-order valence-corrected chi connectivity index (χ1v) is 6.52. The molecule has 102 valence electrons. The molecule has 0 spiro atoms. The Morgan fingerprint density at radius 2 is 2.37 bits per heavy atom. The number of H-pyrrole nitrogens is 1. The first-order valence-electron chi connectivity index (χ1n) is 6.52. The van der Waals surface area contributed by atoms with Crippen LogP contribution >= 0.6 is 0 Å². The number of hydrogen-bond donors (Lipinski definition) is 2. The number of carbonyl (C=O) groups excluding carboxylic acids is 1. The second kappa shape index (κ2) is 6.34. The topological polar surface area (TPSA) is 90.8 Å². The number of carbonyl (C=O) groups is 1. The van der Waals surface area contributed by atoms with E-state index in [1.807, 2.05) is 0 Å². The fraction of sp³-hybridized carbons (Fsp3) is 0.615. The number of nitrogens with zero attached hydrogens (tertiary/aromatic N) is 2. The molecule has 1 saturated heterocycles. The van der Waals surface area contributed by atoms with E-state index in [0.717, 1.165) is 18.7 Å². The summed E-state index contributed by atoms with van der Waals surface area (Å²) in [5.74, 6) is 0.744. The van der Waals surface area contributed by atoms with Gasteiger partial charge >= 0.3 is 0 Å². The lowest BCUT2D eigenvalue weighted by Crippen LogP contribution is -2.44.